The molecule has 2 heteroatoms. The molecule has 0 atom stereocenters. The summed E-state index contributed by atoms with van der Waals surface area (Å²) in [4.78, 5) is 10.7. The van der Waals surface area contributed by atoms with E-state index >= 15 is 0 Å². The summed E-state index contributed by atoms with van der Waals surface area (Å²) >= 11 is 0. The molecule has 1 aliphatic rings. The van der Waals surface area contributed by atoms with E-state index in [2.05, 4.69) is 19.2 Å². The molecule has 0 aromatic heterocycles. The number of carbonyl (C=O) groups is 1. The predicted octanol–water partition coefficient (Wildman–Crippen LogP) is 1.08. The summed E-state index contributed by atoms with van der Waals surface area (Å²) in [6.07, 6.45) is 1.64. The van der Waals surface area contributed by atoms with Gasteiger partial charge in [0.15, 0.2) is 0 Å². The van der Waals surface area contributed by atoms with Crippen molar-refractivity contribution in [2.24, 2.45) is 5.41 Å². The number of rotatable bonds is 0. The fraction of sp³-hybridized carbons (Fsp3) is 0.714. The van der Waals surface area contributed by atoms with Crippen molar-refractivity contribution in [3.8, 4) is 0 Å². The van der Waals surface area contributed by atoms with Crippen molar-refractivity contribution in [3.05, 3.63) is 6.54 Å². The molecule has 0 aromatic carbocycles. The van der Waals surface area contributed by atoms with Crippen LogP contribution in [0.25, 0.3) is 0 Å². The zero-order valence-corrected chi connectivity index (χ0v) is 5.90. The number of hydrogen-bond donors (Lipinski definition) is 1. The van der Waals surface area contributed by atoms with Gasteiger partial charge < -0.3 is 5.32 Å². The molecule has 0 bridgehead atoms. The Morgan fingerprint density at radius 2 is 2.33 bits per heavy atom. The van der Waals surface area contributed by atoms with Gasteiger partial charge in [0.1, 0.15) is 0 Å². The monoisotopic (exact) mass is 126 g/mol. The lowest BCUT2D eigenvalue weighted by atomic mass is 9.83. The summed E-state index contributed by atoms with van der Waals surface area (Å²) in [5.74, 6) is 0.145. The van der Waals surface area contributed by atoms with Crippen LogP contribution in [0.3, 0.4) is 0 Å². The molecular formula is C7H12NO. The van der Waals surface area contributed by atoms with Gasteiger partial charge in [-0.2, -0.15) is 0 Å². The van der Waals surface area contributed by atoms with E-state index in [-0.39, 0.29) is 11.3 Å². The van der Waals surface area contributed by atoms with Crippen molar-refractivity contribution in [1.29, 1.82) is 0 Å². The van der Waals surface area contributed by atoms with Crippen LogP contribution < -0.4 is 5.32 Å². The first-order chi connectivity index (χ1) is 4.10. The predicted molar refractivity (Wildman–Crippen MR) is 35.5 cm³/mol. The molecular weight excluding hydrogens is 114 g/mol. The average molecular weight is 126 g/mol. The van der Waals surface area contributed by atoms with E-state index in [1.54, 1.807) is 0 Å². The van der Waals surface area contributed by atoms with Gasteiger partial charge in [0.2, 0.25) is 5.91 Å². The third-order valence-electron chi connectivity index (χ3n) is 1.56. The smallest absolute Gasteiger partial charge is 0.220 e. The molecule has 1 rings (SSSR count). The Labute approximate surface area is 55.6 Å². The minimum Gasteiger partial charge on any atom is -0.351 e. The number of amides is 1. The molecule has 1 radical (unpaired) electrons. The Morgan fingerprint density at radius 1 is 1.67 bits per heavy atom. The van der Waals surface area contributed by atoms with E-state index in [1.807, 2.05) is 6.54 Å². The van der Waals surface area contributed by atoms with E-state index in [4.69, 9.17) is 0 Å². The molecule has 1 amide bonds. The average Bonchev–Trinajstić information content (AvgIpc) is 1.60. The lowest BCUT2D eigenvalue weighted by molar-refractivity contribution is -0.123. The molecule has 9 heavy (non-hydrogen) atoms. The van der Waals surface area contributed by atoms with Gasteiger partial charge in [-0.1, -0.05) is 13.8 Å². The highest BCUT2D eigenvalue weighted by Gasteiger charge is 2.25. The van der Waals surface area contributed by atoms with Crippen LogP contribution >= 0.6 is 0 Å². The summed E-state index contributed by atoms with van der Waals surface area (Å²) in [6, 6.07) is 0. The van der Waals surface area contributed by atoms with Crippen molar-refractivity contribution in [2.45, 2.75) is 26.7 Å². The zero-order chi connectivity index (χ0) is 6.91. The lowest BCUT2D eigenvalue weighted by Crippen LogP contribution is -2.34. The molecule has 0 aromatic rings. The topological polar surface area (TPSA) is 29.1 Å². The number of carbonyl (C=O) groups excluding carboxylic acids is 1. The Morgan fingerprint density at radius 3 is 2.67 bits per heavy atom. The molecule has 0 aliphatic carbocycles. The van der Waals surface area contributed by atoms with Crippen molar-refractivity contribution < 1.29 is 4.79 Å². The van der Waals surface area contributed by atoms with Crippen LogP contribution in [-0.4, -0.2) is 5.91 Å². The van der Waals surface area contributed by atoms with Gasteiger partial charge in [-0.25, -0.2) is 0 Å². The van der Waals surface area contributed by atoms with Gasteiger partial charge in [-0.05, 0) is 11.8 Å². The van der Waals surface area contributed by atoms with Crippen LogP contribution in [0, 0.1) is 12.0 Å². The van der Waals surface area contributed by atoms with E-state index in [1.165, 1.54) is 0 Å². The summed E-state index contributed by atoms with van der Waals surface area (Å²) in [5, 5.41) is 2.67. The molecule has 1 fully saturated rings. The molecule has 0 unspecified atom stereocenters. The van der Waals surface area contributed by atoms with Crippen LogP contribution in [0.2, 0.25) is 0 Å². The first-order valence-electron chi connectivity index (χ1n) is 3.21. The third-order valence-corrected chi connectivity index (χ3v) is 1.56. The Balaban J connectivity index is 2.51. The summed E-state index contributed by atoms with van der Waals surface area (Å²) in [6.45, 7) is 6.04. The van der Waals surface area contributed by atoms with Gasteiger partial charge in [0.25, 0.3) is 0 Å². The maximum Gasteiger partial charge on any atom is 0.220 e. The normalized spacial score (nSPS) is 25.3. The second-order valence-electron chi connectivity index (χ2n) is 3.32. The van der Waals surface area contributed by atoms with Crippen molar-refractivity contribution in [2.75, 3.05) is 0 Å². The van der Waals surface area contributed by atoms with Crippen LogP contribution in [-0.2, 0) is 4.79 Å². The van der Waals surface area contributed by atoms with Gasteiger partial charge in [-0.15, -0.1) is 0 Å². The minimum atomic E-state index is 0.145. The third kappa shape index (κ3) is 1.70. The van der Waals surface area contributed by atoms with Crippen LogP contribution in [0.4, 0.5) is 0 Å². The van der Waals surface area contributed by atoms with Crippen molar-refractivity contribution in [1.82, 2.24) is 5.32 Å². The Hall–Kier alpha value is -0.530. The van der Waals surface area contributed by atoms with Crippen LogP contribution in [0.15, 0.2) is 0 Å². The zero-order valence-electron chi connectivity index (χ0n) is 5.90. The van der Waals surface area contributed by atoms with E-state index in [0.29, 0.717) is 6.42 Å². The first-order valence-corrected chi connectivity index (χ1v) is 3.21. The molecule has 51 valence electrons. The van der Waals surface area contributed by atoms with Gasteiger partial charge in [0, 0.05) is 13.0 Å². The van der Waals surface area contributed by atoms with Crippen molar-refractivity contribution >= 4 is 5.91 Å². The van der Waals surface area contributed by atoms with E-state index in [0.717, 1.165) is 6.42 Å². The molecule has 1 N–H and O–H groups in total. The van der Waals surface area contributed by atoms with Gasteiger partial charge >= 0.3 is 0 Å². The number of nitrogens with one attached hydrogen (secondary N) is 1. The summed E-state index contributed by atoms with van der Waals surface area (Å²) in [5.41, 5.74) is 0.183. The van der Waals surface area contributed by atoms with E-state index in [9.17, 15) is 4.79 Å². The second kappa shape index (κ2) is 2.01. The SMILES string of the molecule is CC1(C)C[CH]NC(=O)C1. The second-order valence-corrected chi connectivity index (χ2v) is 3.32. The summed E-state index contributed by atoms with van der Waals surface area (Å²) < 4.78 is 0. The summed E-state index contributed by atoms with van der Waals surface area (Å²) in [7, 11) is 0. The molecule has 1 heterocycles. The Kier molecular flexibility index (Phi) is 1.47. The molecule has 2 nitrogen and oxygen atoms in total. The first kappa shape index (κ1) is 6.59. The van der Waals surface area contributed by atoms with Gasteiger partial charge in [0.05, 0.1) is 0 Å². The highest BCUT2D eigenvalue weighted by atomic mass is 16.1. The maximum atomic E-state index is 10.7. The van der Waals surface area contributed by atoms with Gasteiger partial charge in [-0.3, -0.25) is 4.79 Å². The number of hydrogen-bond acceptors (Lipinski definition) is 1. The number of piperidine rings is 1. The fourth-order valence-electron chi connectivity index (χ4n) is 0.999. The molecule has 1 aliphatic heterocycles. The van der Waals surface area contributed by atoms with E-state index < -0.39 is 0 Å². The van der Waals surface area contributed by atoms with Crippen molar-refractivity contribution in [3.63, 3.8) is 0 Å². The quantitative estimate of drug-likeness (QED) is 0.517. The maximum absolute atomic E-state index is 10.7. The standard InChI is InChI=1S/C7H12NO/c1-7(2)3-4-8-6(9)5-7/h4H,3,5H2,1-2H3,(H,8,9). The Bertz CT molecular complexity index is 129. The highest BCUT2D eigenvalue weighted by molar-refractivity contribution is 5.78. The molecule has 0 saturated carbocycles. The highest BCUT2D eigenvalue weighted by Crippen LogP contribution is 2.28. The molecule has 1 saturated heterocycles. The van der Waals surface area contributed by atoms with Crippen LogP contribution in [0.1, 0.15) is 26.7 Å². The lowest BCUT2D eigenvalue weighted by Gasteiger charge is -2.28. The molecule has 0 spiro atoms. The fourth-order valence-corrected chi connectivity index (χ4v) is 0.999. The largest absolute Gasteiger partial charge is 0.351 e. The van der Waals surface area contributed by atoms with Crippen LogP contribution in [0.5, 0.6) is 0 Å². The minimum absolute atomic E-state index is 0.145.